The maximum Gasteiger partial charge on any atom is 0.311 e. The minimum atomic E-state index is -0.428. The third-order valence-corrected chi connectivity index (χ3v) is 13.7. The Morgan fingerprint density at radius 3 is 2.48 bits per heavy atom. The molecule has 5 aliphatic carbocycles. The average molecular weight is 587 g/mol. The van der Waals surface area contributed by atoms with Crippen molar-refractivity contribution in [1.82, 2.24) is 0 Å². The highest BCUT2D eigenvalue weighted by molar-refractivity contribution is 5.80. The summed E-state index contributed by atoms with van der Waals surface area (Å²) in [5.41, 5.74) is -0.340. The SMILES string of the molecule is CCC(C)(C)C(=O)O[C@H]1CC[C@@]2(C)C(CCC3C2C[C@H](O)[C@]2(C)C(C(C)CCC(=O)OC4CCCC(=O)C4)CCC32)C1. The predicted octanol–water partition coefficient (Wildman–Crippen LogP) is 7.44. The Balaban J connectivity index is 1.20. The average Bonchev–Trinajstić information content (AvgIpc) is 3.31. The van der Waals surface area contributed by atoms with Crippen LogP contribution in [0.4, 0.5) is 0 Å². The second kappa shape index (κ2) is 12.2. The summed E-state index contributed by atoms with van der Waals surface area (Å²) >= 11 is 0. The molecular weight excluding hydrogens is 528 g/mol. The van der Waals surface area contributed by atoms with Gasteiger partial charge in [0.2, 0.25) is 0 Å². The molecule has 7 unspecified atom stereocenters. The molecule has 5 saturated carbocycles. The molecule has 238 valence electrons. The molecule has 0 aliphatic heterocycles. The Morgan fingerprint density at radius 2 is 1.76 bits per heavy atom. The number of fused-ring (bicyclic) bond motifs is 5. The number of rotatable bonds is 8. The first-order valence-electron chi connectivity index (χ1n) is 17.4. The molecule has 0 heterocycles. The van der Waals surface area contributed by atoms with Crippen LogP contribution in [0, 0.1) is 51.8 Å². The van der Waals surface area contributed by atoms with Crippen molar-refractivity contribution >= 4 is 17.7 Å². The van der Waals surface area contributed by atoms with Gasteiger partial charge in [-0.05, 0) is 137 Å². The van der Waals surface area contributed by atoms with Crippen LogP contribution < -0.4 is 0 Å². The quantitative estimate of drug-likeness (QED) is 0.297. The minimum Gasteiger partial charge on any atom is -0.462 e. The van der Waals surface area contributed by atoms with E-state index in [9.17, 15) is 19.5 Å². The summed E-state index contributed by atoms with van der Waals surface area (Å²) in [7, 11) is 0. The highest BCUT2D eigenvalue weighted by atomic mass is 16.5. The first-order valence-corrected chi connectivity index (χ1v) is 17.4. The van der Waals surface area contributed by atoms with E-state index in [2.05, 4.69) is 20.8 Å². The van der Waals surface area contributed by atoms with Crippen molar-refractivity contribution < 1.29 is 29.0 Å². The van der Waals surface area contributed by atoms with Crippen LogP contribution in [0.3, 0.4) is 0 Å². The van der Waals surface area contributed by atoms with Gasteiger partial charge in [0, 0.05) is 19.3 Å². The van der Waals surface area contributed by atoms with Gasteiger partial charge in [-0.3, -0.25) is 14.4 Å². The maximum absolute atomic E-state index is 12.8. The molecule has 42 heavy (non-hydrogen) atoms. The molecule has 0 aromatic carbocycles. The highest BCUT2D eigenvalue weighted by Crippen LogP contribution is 2.68. The standard InChI is InChI=1S/C36H58O6/c1-7-34(3,4)33(40)42-26-17-18-35(5)23(19-26)12-13-27-29-15-14-28(36(29,6)31(38)21-30(27)35)22(2)11-16-32(39)41-25-10-8-9-24(37)20-25/h22-23,25-31,38H,7-21H2,1-6H3/t22?,23?,25?,26-,27?,28?,29?,30?,31-,35-,36+/m0/s1. The second-order valence-electron chi connectivity index (χ2n) is 16.3. The third-order valence-electron chi connectivity index (χ3n) is 13.7. The van der Waals surface area contributed by atoms with Gasteiger partial charge in [-0.2, -0.15) is 0 Å². The number of ketones is 1. The highest BCUT2D eigenvalue weighted by Gasteiger charge is 2.64. The van der Waals surface area contributed by atoms with E-state index >= 15 is 0 Å². The molecule has 6 nitrogen and oxygen atoms in total. The normalized spacial score (nSPS) is 42.6. The number of aliphatic hydroxyl groups excluding tert-OH is 1. The predicted molar refractivity (Wildman–Crippen MR) is 162 cm³/mol. The van der Waals surface area contributed by atoms with Crippen LogP contribution in [-0.2, 0) is 23.9 Å². The Bertz CT molecular complexity index is 1020. The molecule has 0 amide bonds. The molecule has 0 bridgehead atoms. The number of carbonyl (C=O) groups is 3. The van der Waals surface area contributed by atoms with E-state index < -0.39 is 5.41 Å². The summed E-state index contributed by atoms with van der Waals surface area (Å²) in [5.74, 6) is 2.97. The molecule has 0 aromatic rings. The molecule has 11 atom stereocenters. The van der Waals surface area contributed by atoms with E-state index in [1.54, 1.807) is 0 Å². The molecule has 6 heteroatoms. The molecular formula is C36H58O6. The zero-order chi connectivity index (χ0) is 30.4. The Hall–Kier alpha value is -1.43. The summed E-state index contributed by atoms with van der Waals surface area (Å²) < 4.78 is 11.7. The van der Waals surface area contributed by atoms with Crippen molar-refractivity contribution in [3.05, 3.63) is 0 Å². The summed E-state index contributed by atoms with van der Waals surface area (Å²) in [6.45, 7) is 13.1. The largest absolute Gasteiger partial charge is 0.462 e. The summed E-state index contributed by atoms with van der Waals surface area (Å²) in [6, 6.07) is 0. The topological polar surface area (TPSA) is 89.9 Å². The first-order chi connectivity index (χ1) is 19.8. The van der Waals surface area contributed by atoms with E-state index in [0.29, 0.717) is 54.8 Å². The van der Waals surface area contributed by atoms with Crippen LogP contribution in [0.15, 0.2) is 0 Å². The minimum absolute atomic E-state index is 0.0266. The smallest absolute Gasteiger partial charge is 0.311 e. The molecule has 1 N–H and O–H groups in total. The lowest BCUT2D eigenvalue weighted by Gasteiger charge is -2.62. The Kier molecular flexibility index (Phi) is 9.26. The van der Waals surface area contributed by atoms with E-state index in [1.165, 1.54) is 19.3 Å². The van der Waals surface area contributed by atoms with Crippen LogP contribution in [-0.4, -0.2) is 41.1 Å². The molecule has 5 aliphatic rings. The van der Waals surface area contributed by atoms with Crippen LogP contribution in [0.5, 0.6) is 0 Å². The number of ether oxygens (including phenoxy) is 2. The van der Waals surface area contributed by atoms with Crippen molar-refractivity contribution in [3.63, 3.8) is 0 Å². The van der Waals surface area contributed by atoms with Crippen LogP contribution in [0.25, 0.3) is 0 Å². The fourth-order valence-electron chi connectivity index (χ4n) is 10.6. The molecule has 0 radical (unpaired) electrons. The summed E-state index contributed by atoms with van der Waals surface area (Å²) in [6.07, 6.45) is 12.6. The van der Waals surface area contributed by atoms with Crippen molar-refractivity contribution in [2.45, 2.75) is 156 Å². The Labute approximate surface area is 254 Å². The molecule has 0 aromatic heterocycles. The van der Waals surface area contributed by atoms with Crippen molar-refractivity contribution in [1.29, 1.82) is 0 Å². The second-order valence-corrected chi connectivity index (χ2v) is 16.3. The van der Waals surface area contributed by atoms with Crippen LogP contribution >= 0.6 is 0 Å². The molecule has 0 spiro atoms. The number of hydrogen-bond donors (Lipinski definition) is 1. The van der Waals surface area contributed by atoms with Crippen molar-refractivity contribution in [2.75, 3.05) is 0 Å². The number of Topliss-reactive ketones (excluding diaryl/α,β-unsaturated/α-hetero) is 1. The third kappa shape index (κ3) is 5.84. The van der Waals surface area contributed by atoms with Gasteiger partial charge in [-0.1, -0.05) is 27.7 Å². The lowest BCUT2D eigenvalue weighted by atomic mass is 9.43. The Morgan fingerprint density at radius 1 is 1.00 bits per heavy atom. The van der Waals surface area contributed by atoms with E-state index in [-0.39, 0.29) is 46.9 Å². The van der Waals surface area contributed by atoms with Crippen molar-refractivity contribution in [3.8, 4) is 0 Å². The van der Waals surface area contributed by atoms with Gasteiger partial charge in [0.05, 0.1) is 11.5 Å². The van der Waals surface area contributed by atoms with Gasteiger partial charge >= 0.3 is 11.9 Å². The lowest BCUT2D eigenvalue weighted by Crippen LogP contribution is -2.59. The van der Waals surface area contributed by atoms with Gasteiger partial charge < -0.3 is 14.6 Å². The van der Waals surface area contributed by atoms with Crippen LogP contribution in [0.2, 0.25) is 0 Å². The zero-order valence-electron chi connectivity index (χ0n) is 27.3. The summed E-state index contributed by atoms with van der Waals surface area (Å²) in [4.78, 5) is 37.2. The number of hydrogen-bond acceptors (Lipinski definition) is 6. The molecule has 0 saturated heterocycles. The van der Waals surface area contributed by atoms with E-state index in [1.807, 2.05) is 20.8 Å². The molecule has 5 fully saturated rings. The monoisotopic (exact) mass is 586 g/mol. The molecule has 5 rings (SSSR count). The van der Waals surface area contributed by atoms with Gasteiger partial charge in [0.25, 0.3) is 0 Å². The fraction of sp³-hybridized carbons (Fsp3) is 0.917. The van der Waals surface area contributed by atoms with E-state index in [0.717, 1.165) is 57.8 Å². The van der Waals surface area contributed by atoms with Gasteiger partial charge in [0.1, 0.15) is 18.0 Å². The zero-order valence-corrected chi connectivity index (χ0v) is 27.3. The first kappa shape index (κ1) is 32.0. The van der Waals surface area contributed by atoms with E-state index in [4.69, 9.17) is 9.47 Å². The summed E-state index contributed by atoms with van der Waals surface area (Å²) in [5, 5.41) is 11.9. The maximum atomic E-state index is 12.8. The van der Waals surface area contributed by atoms with Crippen LogP contribution in [0.1, 0.15) is 138 Å². The fourth-order valence-corrected chi connectivity index (χ4v) is 10.6. The lowest BCUT2D eigenvalue weighted by molar-refractivity contribution is -0.185. The van der Waals surface area contributed by atoms with Gasteiger partial charge in [-0.15, -0.1) is 0 Å². The van der Waals surface area contributed by atoms with Gasteiger partial charge in [-0.25, -0.2) is 0 Å². The number of aliphatic hydroxyl groups is 1. The van der Waals surface area contributed by atoms with Crippen molar-refractivity contribution in [2.24, 2.45) is 51.8 Å². The number of esters is 2. The van der Waals surface area contributed by atoms with Gasteiger partial charge in [0.15, 0.2) is 0 Å². The number of carbonyl (C=O) groups excluding carboxylic acids is 3.